The molecule has 0 spiro atoms. The highest BCUT2D eigenvalue weighted by molar-refractivity contribution is 6.68. The fourth-order valence-corrected chi connectivity index (χ4v) is 6.27. The lowest BCUT2D eigenvalue weighted by molar-refractivity contribution is 0.230. The quantitative estimate of drug-likeness (QED) is 0.175. The zero-order valence-electron chi connectivity index (χ0n) is 18.2. The van der Waals surface area contributed by atoms with Crippen molar-refractivity contribution in [2.75, 3.05) is 6.61 Å². The molecule has 1 aromatic carbocycles. The fourth-order valence-electron chi connectivity index (χ4n) is 3.41. The standard InChI is InChI=1S/C23H40Cl2O2Si/c1-4-7-8-9-10-11-12-13-14-15-16-19-26-28(5-2,6-3)27-23-18-17-21(24)20-22(23)25/h17-18,20H,4-16,19H2,1-3H3. The molecule has 0 aromatic heterocycles. The molecule has 1 rings (SSSR count). The maximum atomic E-state index is 6.32. The Balaban J connectivity index is 2.21. The fraction of sp³-hybridized carbons (Fsp3) is 0.739. The molecule has 162 valence electrons. The van der Waals surface area contributed by atoms with Gasteiger partial charge in [0.2, 0.25) is 0 Å². The van der Waals surface area contributed by atoms with Crippen molar-refractivity contribution < 1.29 is 8.85 Å². The van der Waals surface area contributed by atoms with Crippen molar-refractivity contribution in [2.24, 2.45) is 0 Å². The van der Waals surface area contributed by atoms with E-state index in [9.17, 15) is 0 Å². The van der Waals surface area contributed by atoms with E-state index in [1.54, 1.807) is 6.07 Å². The zero-order chi connectivity index (χ0) is 20.7. The predicted octanol–water partition coefficient (Wildman–Crippen LogP) is 9.18. The maximum absolute atomic E-state index is 6.32. The lowest BCUT2D eigenvalue weighted by atomic mass is 10.1. The molecule has 28 heavy (non-hydrogen) atoms. The summed E-state index contributed by atoms with van der Waals surface area (Å²) in [5.41, 5.74) is 0. The Morgan fingerprint density at radius 1 is 0.750 bits per heavy atom. The molecular formula is C23H40Cl2O2Si. The van der Waals surface area contributed by atoms with Crippen LogP contribution in [0.25, 0.3) is 0 Å². The largest absolute Gasteiger partial charge is 0.519 e. The van der Waals surface area contributed by atoms with Crippen molar-refractivity contribution in [1.29, 1.82) is 0 Å². The van der Waals surface area contributed by atoms with Crippen LogP contribution in [0.4, 0.5) is 0 Å². The molecule has 0 aliphatic heterocycles. The summed E-state index contributed by atoms with van der Waals surface area (Å²) in [5, 5.41) is 1.18. The first-order chi connectivity index (χ1) is 13.6. The van der Waals surface area contributed by atoms with Crippen molar-refractivity contribution in [3.63, 3.8) is 0 Å². The van der Waals surface area contributed by atoms with Crippen LogP contribution >= 0.6 is 23.2 Å². The lowest BCUT2D eigenvalue weighted by Gasteiger charge is -2.30. The van der Waals surface area contributed by atoms with Gasteiger partial charge in [0, 0.05) is 11.6 Å². The highest BCUT2D eigenvalue weighted by Crippen LogP contribution is 2.32. The van der Waals surface area contributed by atoms with Crippen molar-refractivity contribution in [3.8, 4) is 5.75 Å². The minimum absolute atomic E-state index is 0.560. The summed E-state index contributed by atoms with van der Waals surface area (Å²) < 4.78 is 12.6. The normalized spacial score (nSPS) is 11.8. The molecule has 0 bridgehead atoms. The second-order valence-electron chi connectivity index (χ2n) is 7.68. The third-order valence-corrected chi connectivity index (χ3v) is 9.39. The summed E-state index contributed by atoms with van der Waals surface area (Å²) in [4.78, 5) is 0. The second-order valence-corrected chi connectivity index (χ2v) is 12.3. The Hall–Kier alpha value is -0.223. The third kappa shape index (κ3) is 10.5. The summed E-state index contributed by atoms with van der Waals surface area (Å²) in [5.74, 6) is 0.695. The van der Waals surface area contributed by atoms with Crippen molar-refractivity contribution in [2.45, 2.75) is 103 Å². The SMILES string of the molecule is CCCCCCCCCCCCCO[Si](CC)(CC)Oc1ccc(Cl)cc1Cl. The van der Waals surface area contributed by atoms with Crippen LogP contribution in [0.3, 0.4) is 0 Å². The first-order valence-corrected chi connectivity index (χ1v) is 14.3. The topological polar surface area (TPSA) is 18.5 Å². The van der Waals surface area contributed by atoms with E-state index in [1.165, 1.54) is 64.2 Å². The molecule has 0 radical (unpaired) electrons. The summed E-state index contributed by atoms with van der Waals surface area (Å²) >= 11 is 12.3. The molecule has 0 aliphatic carbocycles. The van der Waals surface area contributed by atoms with Gasteiger partial charge in [-0.1, -0.05) is 108 Å². The summed E-state index contributed by atoms with van der Waals surface area (Å²) in [6, 6.07) is 7.23. The van der Waals surface area contributed by atoms with Gasteiger partial charge in [0.25, 0.3) is 0 Å². The number of halogens is 2. The molecule has 0 saturated carbocycles. The smallest absolute Gasteiger partial charge is 0.398 e. The van der Waals surface area contributed by atoms with Crippen LogP contribution in [0.1, 0.15) is 91.4 Å². The number of hydrogen-bond acceptors (Lipinski definition) is 2. The van der Waals surface area contributed by atoms with E-state index in [2.05, 4.69) is 20.8 Å². The van der Waals surface area contributed by atoms with Gasteiger partial charge in [-0.15, -0.1) is 0 Å². The molecule has 0 atom stereocenters. The van der Waals surface area contributed by atoms with E-state index in [1.807, 2.05) is 12.1 Å². The Morgan fingerprint density at radius 3 is 1.79 bits per heavy atom. The summed E-state index contributed by atoms with van der Waals surface area (Å²) in [7, 11) is -2.26. The molecule has 0 unspecified atom stereocenters. The van der Waals surface area contributed by atoms with Crippen molar-refractivity contribution in [1.82, 2.24) is 0 Å². The Bertz CT molecular complexity index is 521. The highest BCUT2D eigenvalue weighted by Gasteiger charge is 2.36. The van der Waals surface area contributed by atoms with Gasteiger partial charge in [-0.25, -0.2) is 0 Å². The first-order valence-electron chi connectivity index (χ1n) is 11.3. The molecule has 0 aliphatic rings. The molecule has 0 saturated heterocycles. The van der Waals surface area contributed by atoms with Gasteiger partial charge in [-0.05, 0) is 36.7 Å². The monoisotopic (exact) mass is 446 g/mol. The number of benzene rings is 1. The Labute approximate surface area is 184 Å². The molecule has 5 heteroatoms. The van der Waals surface area contributed by atoms with E-state index < -0.39 is 8.56 Å². The molecule has 0 fully saturated rings. The van der Waals surface area contributed by atoms with Gasteiger partial charge >= 0.3 is 8.56 Å². The average molecular weight is 448 g/mol. The molecule has 2 nitrogen and oxygen atoms in total. The second kappa shape index (κ2) is 15.6. The van der Waals surface area contributed by atoms with Crippen LogP contribution in [0, 0.1) is 0 Å². The molecule has 0 amide bonds. The van der Waals surface area contributed by atoms with Crippen LogP contribution in [-0.2, 0) is 4.43 Å². The number of unbranched alkanes of at least 4 members (excludes halogenated alkanes) is 10. The maximum Gasteiger partial charge on any atom is 0.398 e. The Kier molecular flexibility index (Phi) is 14.4. The minimum Gasteiger partial charge on any atom is -0.519 e. The lowest BCUT2D eigenvalue weighted by Crippen LogP contribution is -2.44. The van der Waals surface area contributed by atoms with Gasteiger partial charge in [0.1, 0.15) is 5.75 Å². The van der Waals surface area contributed by atoms with Crippen molar-refractivity contribution in [3.05, 3.63) is 28.2 Å². The number of rotatable bonds is 17. The van der Waals surface area contributed by atoms with Crippen molar-refractivity contribution >= 4 is 31.8 Å². The van der Waals surface area contributed by atoms with Crippen LogP contribution in [0.2, 0.25) is 22.1 Å². The Morgan fingerprint density at radius 2 is 1.29 bits per heavy atom. The third-order valence-electron chi connectivity index (χ3n) is 5.38. The van der Waals surface area contributed by atoms with Crippen LogP contribution in [0.15, 0.2) is 18.2 Å². The minimum atomic E-state index is -2.26. The van der Waals surface area contributed by atoms with E-state index in [0.29, 0.717) is 15.8 Å². The molecule has 1 aromatic rings. The predicted molar refractivity (Wildman–Crippen MR) is 126 cm³/mol. The van der Waals surface area contributed by atoms with Crippen LogP contribution < -0.4 is 4.43 Å². The summed E-state index contributed by atoms with van der Waals surface area (Å²) in [6.07, 6.45) is 14.8. The van der Waals surface area contributed by atoms with Crippen LogP contribution in [0.5, 0.6) is 5.75 Å². The van der Waals surface area contributed by atoms with E-state index in [4.69, 9.17) is 32.1 Å². The van der Waals surface area contributed by atoms with Gasteiger partial charge in [-0.2, -0.15) is 0 Å². The highest BCUT2D eigenvalue weighted by atomic mass is 35.5. The first kappa shape index (κ1) is 25.8. The van der Waals surface area contributed by atoms with Gasteiger partial charge in [0.15, 0.2) is 0 Å². The number of hydrogen-bond donors (Lipinski definition) is 0. The van der Waals surface area contributed by atoms with Gasteiger partial charge < -0.3 is 8.85 Å². The average Bonchev–Trinajstić information content (AvgIpc) is 2.70. The zero-order valence-corrected chi connectivity index (χ0v) is 20.7. The van der Waals surface area contributed by atoms with Gasteiger partial charge in [0.05, 0.1) is 5.02 Å². The molecule has 0 heterocycles. The van der Waals surface area contributed by atoms with E-state index in [0.717, 1.165) is 25.1 Å². The van der Waals surface area contributed by atoms with E-state index >= 15 is 0 Å². The summed E-state index contributed by atoms with van der Waals surface area (Å²) in [6.45, 7) is 7.37. The van der Waals surface area contributed by atoms with Crippen LogP contribution in [-0.4, -0.2) is 15.2 Å². The van der Waals surface area contributed by atoms with E-state index in [-0.39, 0.29) is 0 Å². The molecular weight excluding hydrogens is 407 g/mol. The molecule has 0 N–H and O–H groups in total. The van der Waals surface area contributed by atoms with Gasteiger partial charge in [-0.3, -0.25) is 0 Å².